The highest BCUT2D eigenvalue weighted by atomic mass is 16.5. The fourth-order valence-corrected chi connectivity index (χ4v) is 2.54. The molecule has 2 aromatic carbocycles. The SMILES string of the molecule is COc1ccc(-c2noc(C3Cc4ccccc4O3)n2)cc1. The number of aromatic nitrogens is 2. The Hall–Kier alpha value is -2.82. The molecule has 4 rings (SSSR count). The minimum Gasteiger partial charge on any atom is -0.497 e. The highest BCUT2D eigenvalue weighted by molar-refractivity contribution is 5.55. The van der Waals surface area contributed by atoms with Crippen LogP contribution in [-0.2, 0) is 6.42 Å². The molecule has 1 atom stereocenters. The van der Waals surface area contributed by atoms with Crippen molar-refractivity contribution in [3.63, 3.8) is 0 Å². The largest absolute Gasteiger partial charge is 0.497 e. The van der Waals surface area contributed by atoms with Crippen molar-refractivity contribution in [3.05, 3.63) is 60.0 Å². The highest BCUT2D eigenvalue weighted by Gasteiger charge is 2.29. The van der Waals surface area contributed by atoms with Crippen LogP contribution in [0.2, 0.25) is 0 Å². The average Bonchev–Trinajstić information content (AvgIpc) is 3.21. The van der Waals surface area contributed by atoms with E-state index in [9.17, 15) is 0 Å². The van der Waals surface area contributed by atoms with Gasteiger partial charge in [-0.25, -0.2) is 0 Å². The molecule has 0 aliphatic carbocycles. The second kappa shape index (κ2) is 5.18. The second-order valence-corrected chi connectivity index (χ2v) is 5.10. The van der Waals surface area contributed by atoms with Crippen LogP contribution < -0.4 is 9.47 Å². The summed E-state index contributed by atoms with van der Waals surface area (Å²) in [6.07, 6.45) is 0.539. The maximum absolute atomic E-state index is 5.86. The van der Waals surface area contributed by atoms with E-state index in [2.05, 4.69) is 16.2 Å². The Labute approximate surface area is 127 Å². The average molecular weight is 294 g/mol. The summed E-state index contributed by atoms with van der Waals surface area (Å²) in [5.41, 5.74) is 2.04. The van der Waals surface area contributed by atoms with Gasteiger partial charge in [0.2, 0.25) is 5.82 Å². The number of hydrogen-bond donors (Lipinski definition) is 0. The molecule has 1 aromatic heterocycles. The van der Waals surface area contributed by atoms with Gasteiger partial charge in [0.1, 0.15) is 11.5 Å². The number of nitrogens with zero attached hydrogens (tertiary/aromatic N) is 2. The Morgan fingerprint density at radius 3 is 2.68 bits per heavy atom. The summed E-state index contributed by atoms with van der Waals surface area (Å²) >= 11 is 0. The number of methoxy groups -OCH3 is 1. The number of rotatable bonds is 3. The molecule has 0 spiro atoms. The van der Waals surface area contributed by atoms with E-state index in [4.69, 9.17) is 14.0 Å². The second-order valence-electron chi connectivity index (χ2n) is 5.10. The molecule has 22 heavy (non-hydrogen) atoms. The number of fused-ring (bicyclic) bond motifs is 1. The van der Waals surface area contributed by atoms with Gasteiger partial charge in [-0.1, -0.05) is 23.4 Å². The van der Waals surface area contributed by atoms with Crippen molar-refractivity contribution < 1.29 is 14.0 Å². The number of benzene rings is 2. The first-order valence-electron chi connectivity index (χ1n) is 7.06. The van der Waals surface area contributed by atoms with Gasteiger partial charge < -0.3 is 14.0 Å². The van der Waals surface area contributed by atoms with Gasteiger partial charge in [0.05, 0.1) is 7.11 Å². The summed E-state index contributed by atoms with van der Waals surface area (Å²) in [4.78, 5) is 4.46. The van der Waals surface area contributed by atoms with Gasteiger partial charge in [0.15, 0.2) is 6.10 Å². The predicted molar refractivity (Wildman–Crippen MR) is 79.8 cm³/mol. The van der Waals surface area contributed by atoms with Crippen LogP contribution >= 0.6 is 0 Å². The van der Waals surface area contributed by atoms with E-state index in [-0.39, 0.29) is 6.10 Å². The highest BCUT2D eigenvalue weighted by Crippen LogP contribution is 2.36. The van der Waals surface area contributed by atoms with E-state index >= 15 is 0 Å². The lowest BCUT2D eigenvalue weighted by Gasteiger charge is -2.04. The molecule has 1 unspecified atom stereocenters. The third kappa shape index (κ3) is 2.20. The van der Waals surface area contributed by atoms with Crippen LogP contribution in [0, 0.1) is 0 Å². The zero-order valence-electron chi connectivity index (χ0n) is 12.0. The summed E-state index contributed by atoms with van der Waals surface area (Å²) in [7, 11) is 1.64. The van der Waals surface area contributed by atoms with Crippen LogP contribution in [0.3, 0.4) is 0 Å². The lowest BCUT2D eigenvalue weighted by Crippen LogP contribution is -2.03. The third-order valence-electron chi connectivity index (χ3n) is 3.71. The molecule has 0 N–H and O–H groups in total. The van der Waals surface area contributed by atoms with Gasteiger partial charge in [-0.15, -0.1) is 0 Å². The molecule has 0 saturated heterocycles. The van der Waals surface area contributed by atoms with Crippen molar-refractivity contribution in [3.8, 4) is 22.9 Å². The quantitative estimate of drug-likeness (QED) is 0.740. The topological polar surface area (TPSA) is 57.4 Å². The van der Waals surface area contributed by atoms with E-state index in [0.717, 1.165) is 29.0 Å². The van der Waals surface area contributed by atoms with Crippen LogP contribution in [0.15, 0.2) is 53.1 Å². The van der Waals surface area contributed by atoms with Crippen LogP contribution in [0.4, 0.5) is 0 Å². The van der Waals surface area contributed by atoms with Gasteiger partial charge in [-0.05, 0) is 35.9 Å². The van der Waals surface area contributed by atoms with Crippen molar-refractivity contribution in [2.45, 2.75) is 12.5 Å². The maximum atomic E-state index is 5.86. The predicted octanol–water partition coefficient (Wildman–Crippen LogP) is 3.42. The molecule has 0 saturated carbocycles. The van der Waals surface area contributed by atoms with E-state index < -0.39 is 0 Å². The minimum absolute atomic E-state index is 0.211. The van der Waals surface area contributed by atoms with Crippen molar-refractivity contribution >= 4 is 0 Å². The monoisotopic (exact) mass is 294 g/mol. The fraction of sp³-hybridized carbons (Fsp3) is 0.176. The minimum atomic E-state index is -0.211. The van der Waals surface area contributed by atoms with Crippen LogP contribution in [0.25, 0.3) is 11.4 Å². The Morgan fingerprint density at radius 2 is 1.91 bits per heavy atom. The van der Waals surface area contributed by atoms with Crippen molar-refractivity contribution in [2.24, 2.45) is 0 Å². The molecule has 1 aliphatic heterocycles. The van der Waals surface area contributed by atoms with E-state index in [0.29, 0.717) is 11.7 Å². The molecule has 3 aromatic rings. The lowest BCUT2D eigenvalue weighted by atomic mass is 10.1. The number of ether oxygens (including phenoxy) is 2. The molecule has 1 aliphatic rings. The number of hydrogen-bond acceptors (Lipinski definition) is 5. The molecule has 2 heterocycles. The first-order chi connectivity index (χ1) is 10.8. The van der Waals surface area contributed by atoms with Crippen LogP contribution in [0.1, 0.15) is 17.6 Å². The Bertz CT molecular complexity index is 771. The normalized spacial score (nSPS) is 16.1. The van der Waals surface area contributed by atoms with E-state index in [1.54, 1.807) is 7.11 Å². The molecular weight excluding hydrogens is 280 g/mol. The summed E-state index contributed by atoms with van der Waals surface area (Å²) < 4.78 is 16.4. The zero-order valence-corrected chi connectivity index (χ0v) is 12.0. The smallest absolute Gasteiger partial charge is 0.268 e. The summed E-state index contributed by atoms with van der Waals surface area (Å²) in [5.74, 6) is 2.73. The Morgan fingerprint density at radius 1 is 1.09 bits per heavy atom. The fourth-order valence-electron chi connectivity index (χ4n) is 2.54. The molecule has 0 fully saturated rings. The van der Waals surface area contributed by atoms with Gasteiger partial charge in [-0.3, -0.25) is 0 Å². The first-order valence-corrected chi connectivity index (χ1v) is 7.06. The van der Waals surface area contributed by atoms with Gasteiger partial charge >= 0.3 is 0 Å². The molecule has 5 heteroatoms. The molecule has 0 bridgehead atoms. The van der Waals surface area contributed by atoms with E-state index in [1.807, 2.05) is 42.5 Å². The van der Waals surface area contributed by atoms with Crippen molar-refractivity contribution in [1.82, 2.24) is 10.1 Å². The summed E-state index contributed by atoms with van der Waals surface area (Å²) in [6, 6.07) is 15.5. The zero-order chi connectivity index (χ0) is 14.9. The number of para-hydroxylation sites is 1. The third-order valence-corrected chi connectivity index (χ3v) is 3.71. The Kier molecular flexibility index (Phi) is 3.04. The van der Waals surface area contributed by atoms with Gasteiger partial charge in [0.25, 0.3) is 5.89 Å². The van der Waals surface area contributed by atoms with E-state index in [1.165, 1.54) is 0 Å². The lowest BCUT2D eigenvalue weighted by molar-refractivity contribution is 0.183. The summed E-state index contributed by atoms with van der Waals surface area (Å²) in [6.45, 7) is 0. The molecule has 0 amide bonds. The molecule has 5 nitrogen and oxygen atoms in total. The van der Waals surface area contributed by atoms with Crippen LogP contribution in [-0.4, -0.2) is 17.3 Å². The summed E-state index contributed by atoms with van der Waals surface area (Å²) in [5, 5.41) is 4.04. The maximum Gasteiger partial charge on any atom is 0.268 e. The van der Waals surface area contributed by atoms with Crippen molar-refractivity contribution in [2.75, 3.05) is 7.11 Å². The van der Waals surface area contributed by atoms with Crippen molar-refractivity contribution in [1.29, 1.82) is 0 Å². The molecular formula is C17H14N2O3. The van der Waals surface area contributed by atoms with Crippen LogP contribution in [0.5, 0.6) is 11.5 Å². The van der Waals surface area contributed by atoms with Gasteiger partial charge in [-0.2, -0.15) is 4.98 Å². The van der Waals surface area contributed by atoms with Gasteiger partial charge in [0, 0.05) is 12.0 Å². The molecule has 110 valence electrons. The first kappa shape index (κ1) is 12.9. The molecule has 0 radical (unpaired) electrons. The standard InChI is InChI=1S/C17H14N2O3/c1-20-13-8-6-11(7-9-13)16-18-17(22-19-16)15-10-12-4-2-3-5-14(12)21-15/h2-9,15H,10H2,1H3. The Balaban J connectivity index is 1.57.